The van der Waals surface area contributed by atoms with Crippen LogP contribution in [-0.2, 0) is 0 Å². The van der Waals surface area contributed by atoms with Crippen molar-refractivity contribution in [2.24, 2.45) is 0 Å². The van der Waals surface area contributed by atoms with Crippen molar-refractivity contribution in [2.75, 3.05) is 0 Å². The third-order valence-corrected chi connectivity index (χ3v) is 3.95. The van der Waals surface area contributed by atoms with E-state index in [0.717, 1.165) is 21.9 Å². The predicted molar refractivity (Wildman–Crippen MR) is 91.0 cm³/mol. The number of aromatic nitrogens is 1. The van der Waals surface area contributed by atoms with Gasteiger partial charge in [0.15, 0.2) is 5.78 Å². The molecule has 0 aliphatic carbocycles. The molecule has 0 aliphatic heterocycles. The highest BCUT2D eigenvalue weighted by molar-refractivity contribution is 6.12. The number of nitrogens with zero attached hydrogens (tertiary/aromatic N) is 1. The summed E-state index contributed by atoms with van der Waals surface area (Å²) < 4.78 is 5.18. The van der Waals surface area contributed by atoms with Gasteiger partial charge in [0.05, 0.1) is 12.5 Å². The molecule has 4 rings (SSSR count). The lowest BCUT2D eigenvalue weighted by molar-refractivity contribution is 0.103. The SMILES string of the molecule is O=C(c1cccnc1)c1cc(-c2ccoc2)c2ccc(O)cc2c1. The number of ketones is 1. The van der Waals surface area contributed by atoms with Crippen LogP contribution in [-0.4, -0.2) is 15.9 Å². The van der Waals surface area contributed by atoms with Crippen LogP contribution in [0.5, 0.6) is 5.75 Å². The van der Waals surface area contributed by atoms with Crippen LogP contribution in [0.25, 0.3) is 21.9 Å². The highest BCUT2D eigenvalue weighted by Crippen LogP contribution is 2.33. The number of rotatable bonds is 3. The number of hydrogen-bond acceptors (Lipinski definition) is 4. The topological polar surface area (TPSA) is 63.3 Å². The zero-order valence-electron chi connectivity index (χ0n) is 12.6. The molecule has 0 fully saturated rings. The van der Waals surface area contributed by atoms with Crippen molar-refractivity contribution in [1.82, 2.24) is 4.98 Å². The Balaban J connectivity index is 1.95. The van der Waals surface area contributed by atoms with Crippen LogP contribution >= 0.6 is 0 Å². The van der Waals surface area contributed by atoms with E-state index in [-0.39, 0.29) is 11.5 Å². The Morgan fingerprint density at radius 2 is 1.96 bits per heavy atom. The first-order chi connectivity index (χ1) is 11.7. The number of carbonyl (C=O) groups is 1. The first kappa shape index (κ1) is 14.2. The maximum absolute atomic E-state index is 12.8. The van der Waals surface area contributed by atoms with Crippen LogP contribution in [0.1, 0.15) is 15.9 Å². The van der Waals surface area contributed by atoms with Crippen molar-refractivity contribution in [3.63, 3.8) is 0 Å². The number of fused-ring (bicyclic) bond motifs is 1. The number of hydrogen-bond donors (Lipinski definition) is 1. The molecule has 2 aromatic heterocycles. The Bertz CT molecular complexity index is 1020. The summed E-state index contributed by atoms with van der Waals surface area (Å²) in [5.74, 6) is 0.0460. The average Bonchev–Trinajstić information content (AvgIpc) is 3.15. The Morgan fingerprint density at radius 1 is 1.04 bits per heavy atom. The minimum Gasteiger partial charge on any atom is -0.508 e. The third kappa shape index (κ3) is 2.44. The molecule has 0 unspecified atom stereocenters. The summed E-state index contributed by atoms with van der Waals surface area (Å²) in [7, 11) is 0. The first-order valence-corrected chi connectivity index (χ1v) is 7.46. The minimum atomic E-state index is -0.113. The quantitative estimate of drug-likeness (QED) is 0.568. The molecule has 116 valence electrons. The van der Waals surface area contributed by atoms with Crippen molar-refractivity contribution < 1.29 is 14.3 Å². The third-order valence-electron chi connectivity index (χ3n) is 3.95. The Hall–Kier alpha value is -3.40. The van der Waals surface area contributed by atoms with Crippen LogP contribution in [0.4, 0.5) is 0 Å². The van der Waals surface area contributed by atoms with Crippen LogP contribution in [0, 0.1) is 0 Å². The summed E-state index contributed by atoms with van der Waals surface area (Å²) in [6.45, 7) is 0. The summed E-state index contributed by atoms with van der Waals surface area (Å²) in [5.41, 5.74) is 2.83. The molecule has 0 amide bonds. The van der Waals surface area contributed by atoms with Gasteiger partial charge in [-0.25, -0.2) is 0 Å². The molecule has 4 heteroatoms. The van der Waals surface area contributed by atoms with Crippen molar-refractivity contribution in [1.29, 1.82) is 0 Å². The standard InChI is InChI=1S/C20H13NO3/c22-17-3-4-18-15(9-17)8-16(10-19(18)14-5-7-24-12-14)20(23)13-2-1-6-21-11-13/h1-12,22H. The van der Waals surface area contributed by atoms with Gasteiger partial charge in [0.1, 0.15) is 5.75 Å². The summed E-state index contributed by atoms with van der Waals surface area (Å²) in [6.07, 6.45) is 6.41. The molecule has 0 atom stereocenters. The van der Waals surface area contributed by atoms with Gasteiger partial charge < -0.3 is 9.52 Å². The largest absolute Gasteiger partial charge is 0.508 e. The molecule has 2 heterocycles. The van der Waals surface area contributed by atoms with Crippen LogP contribution < -0.4 is 0 Å². The summed E-state index contributed by atoms with van der Waals surface area (Å²) in [4.78, 5) is 16.8. The second kappa shape index (κ2) is 5.66. The molecule has 4 nitrogen and oxygen atoms in total. The van der Waals surface area contributed by atoms with Gasteiger partial charge in [0.2, 0.25) is 0 Å². The molecular weight excluding hydrogens is 302 g/mol. The van der Waals surface area contributed by atoms with E-state index in [1.165, 1.54) is 0 Å². The highest BCUT2D eigenvalue weighted by atomic mass is 16.3. The molecule has 24 heavy (non-hydrogen) atoms. The van der Waals surface area contributed by atoms with Gasteiger partial charge >= 0.3 is 0 Å². The van der Waals surface area contributed by atoms with Gasteiger partial charge in [-0.05, 0) is 58.8 Å². The van der Waals surface area contributed by atoms with Gasteiger partial charge in [-0.15, -0.1) is 0 Å². The number of benzene rings is 2. The van der Waals surface area contributed by atoms with E-state index in [1.54, 1.807) is 55.3 Å². The lowest BCUT2D eigenvalue weighted by Gasteiger charge is -2.09. The van der Waals surface area contributed by atoms with E-state index in [2.05, 4.69) is 4.98 Å². The van der Waals surface area contributed by atoms with Gasteiger partial charge in [0.25, 0.3) is 0 Å². The molecule has 0 radical (unpaired) electrons. The van der Waals surface area contributed by atoms with E-state index < -0.39 is 0 Å². The zero-order chi connectivity index (χ0) is 16.5. The van der Waals surface area contributed by atoms with Crippen molar-refractivity contribution >= 4 is 16.6 Å². The number of pyridine rings is 1. The Morgan fingerprint density at radius 3 is 2.71 bits per heavy atom. The fourth-order valence-corrected chi connectivity index (χ4v) is 2.81. The lowest BCUT2D eigenvalue weighted by atomic mass is 9.94. The number of phenols is 1. The Kier molecular flexibility index (Phi) is 3.35. The molecule has 2 aromatic carbocycles. The normalized spacial score (nSPS) is 10.8. The molecule has 0 saturated heterocycles. The fourth-order valence-electron chi connectivity index (χ4n) is 2.81. The molecule has 0 spiro atoms. The molecule has 1 N–H and O–H groups in total. The fraction of sp³-hybridized carbons (Fsp3) is 0. The van der Waals surface area contributed by atoms with Crippen molar-refractivity contribution in [3.05, 3.63) is 84.6 Å². The zero-order valence-corrected chi connectivity index (χ0v) is 12.6. The average molecular weight is 315 g/mol. The summed E-state index contributed by atoms with van der Waals surface area (Å²) in [5, 5.41) is 11.5. The first-order valence-electron chi connectivity index (χ1n) is 7.46. The van der Waals surface area contributed by atoms with Gasteiger partial charge in [-0.2, -0.15) is 0 Å². The summed E-state index contributed by atoms with van der Waals surface area (Å²) in [6, 6.07) is 14.1. The maximum atomic E-state index is 12.8. The summed E-state index contributed by atoms with van der Waals surface area (Å²) >= 11 is 0. The number of phenolic OH excluding ortho intramolecular Hbond substituents is 1. The monoisotopic (exact) mass is 315 g/mol. The van der Waals surface area contributed by atoms with Crippen LogP contribution in [0.15, 0.2) is 77.9 Å². The molecule has 4 aromatic rings. The van der Waals surface area contributed by atoms with Crippen molar-refractivity contribution in [2.45, 2.75) is 0 Å². The van der Waals surface area contributed by atoms with Gasteiger partial charge in [-0.3, -0.25) is 9.78 Å². The Labute approximate surface area is 138 Å². The van der Waals surface area contributed by atoms with E-state index in [1.807, 2.05) is 18.2 Å². The number of carbonyl (C=O) groups excluding carboxylic acids is 1. The van der Waals surface area contributed by atoms with E-state index >= 15 is 0 Å². The molecule has 0 saturated carbocycles. The van der Waals surface area contributed by atoms with Gasteiger partial charge in [0, 0.05) is 29.1 Å². The molecule has 0 bridgehead atoms. The van der Waals surface area contributed by atoms with E-state index in [4.69, 9.17) is 4.42 Å². The number of aromatic hydroxyl groups is 1. The highest BCUT2D eigenvalue weighted by Gasteiger charge is 2.14. The maximum Gasteiger partial charge on any atom is 0.194 e. The lowest BCUT2D eigenvalue weighted by Crippen LogP contribution is -2.02. The van der Waals surface area contributed by atoms with Crippen LogP contribution in [0.2, 0.25) is 0 Å². The smallest absolute Gasteiger partial charge is 0.194 e. The minimum absolute atomic E-state index is 0.113. The van der Waals surface area contributed by atoms with Crippen LogP contribution in [0.3, 0.4) is 0 Å². The van der Waals surface area contributed by atoms with Gasteiger partial charge in [-0.1, -0.05) is 6.07 Å². The second-order valence-electron chi connectivity index (χ2n) is 5.51. The predicted octanol–water partition coefficient (Wildman–Crippen LogP) is 4.43. The van der Waals surface area contributed by atoms with E-state index in [0.29, 0.717) is 11.1 Å². The van der Waals surface area contributed by atoms with Crippen molar-refractivity contribution in [3.8, 4) is 16.9 Å². The molecule has 0 aliphatic rings. The molecular formula is C20H13NO3. The number of furan rings is 1. The second-order valence-corrected chi connectivity index (χ2v) is 5.51. The van der Waals surface area contributed by atoms with E-state index in [9.17, 15) is 9.90 Å².